The minimum atomic E-state index is -0.873. The van der Waals surface area contributed by atoms with Crippen molar-refractivity contribution in [3.05, 3.63) is 0 Å². The summed E-state index contributed by atoms with van der Waals surface area (Å²) in [6.07, 6.45) is 2.09. The van der Waals surface area contributed by atoms with E-state index in [4.69, 9.17) is 0 Å². The Morgan fingerprint density at radius 2 is 1.69 bits per heavy atom. The van der Waals surface area contributed by atoms with Crippen LogP contribution in [-0.2, 0) is 0 Å². The van der Waals surface area contributed by atoms with Gasteiger partial charge >= 0.3 is 0 Å². The summed E-state index contributed by atoms with van der Waals surface area (Å²) in [6.45, 7) is 10.4. The van der Waals surface area contributed by atoms with Gasteiger partial charge in [-0.1, -0.05) is 6.92 Å². The molecule has 0 aromatic carbocycles. The Hall–Kier alpha value is -0.110. The van der Waals surface area contributed by atoms with Gasteiger partial charge in [0, 0.05) is 18.6 Å². The van der Waals surface area contributed by atoms with Gasteiger partial charge in [0.2, 0.25) is 0 Å². The number of halogens is 1. The maximum Gasteiger partial charge on any atom is 0.113 e. The highest BCUT2D eigenvalue weighted by molar-refractivity contribution is 4.89. The first-order chi connectivity index (χ1) is 5.87. The molecule has 0 radical (unpaired) electrons. The summed E-state index contributed by atoms with van der Waals surface area (Å²) in [5.41, 5.74) is -0.670. The van der Waals surface area contributed by atoms with Gasteiger partial charge < -0.3 is 0 Å². The first-order valence-electron chi connectivity index (χ1n) is 5.31. The van der Waals surface area contributed by atoms with Crippen molar-refractivity contribution in [1.82, 2.24) is 4.90 Å². The molecule has 0 bridgehead atoms. The molecular formula is C11H22FN. The summed E-state index contributed by atoms with van der Waals surface area (Å²) in [7, 11) is 0. The molecule has 0 aromatic heterocycles. The molecule has 0 aliphatic carbocycles. The summed E-state index contributed by atoms with van der Waals surface area (Å²) in [6, 6.07) is 0. The van der Waals surface area contributed by atoms with E-state index in [2.05, 4.69) is 25.7 Å². The quantitative estimate of drug-likeness (QED) is 0.610. The highest BCUT2D eigenvalue weighted by Crippen LogP contribution is 2.32. The molecule has 2 heteroatoms. The lowest BCUT2D eigenvalue weighted by Gasteiger charge is -2.43. The van der Waals surface area contributed by atoms with E-state index in [0.29, 0.717) is 19.3 Å². The van der Waals surface area contributed by atoms with Gasteiger partial charge in [-0.2, -0.15) is 0 Å². The van der Waals surface area contributed by atoms with Crippen LogP contribution in [0.15, 0.2) is 0 Å². The third-order valence-electron chi connectivity index (χ3n) is 3.24. The van der Waals surface area contributed by atoms with Crippen LogP contribution in [0.3, 0.4) is 0 Å². The fourth-order valence-electron chi connectivity index (χ4n) is 1.93. The Morgan fingerprint density at radius 1 is 1.23 bits per heavy atom. The molecule has 0 aromatic rings. The van der Waals surface area contributed by atoms with Gasteiger partial charge in [0.25, 0.3) is 0 Å². The summed E-state index contributed by atoms with van der Waals surface area (Å²) in [4.78, 5) is 2.38. The SMILES string of the molecule is CCC1(F)CCN(C(C)(C)C)CC1. The van der Waals surface area contributed by atoms with Crippen molar-refractivity contribution < 1.29 is 4.39 Å². The largest absolute Gasteiger partial charge is 0.298 e. The maximum atomic E-state index is 13.8. The number of rotatable bonds is 1. The molecule has 0 unspecified atom stereocenters. The number of hydrogen-bond acceptors (Lipinski definition) is 1. The maximum absolute atomic E-state index is 13.8. The number of piperidine rings is 1. The van der Waals surface area contributed by atoms with E-state index in [-0.39, 0.29) is 5.54 Å². The lowest BCUT2D eigenvalue weighted by molar-refractivity contribution is 0.0153. The van der Waals surface area contributed by atoms with Crippen LogP contribution < -0.4 is 0 Å². The minimum Gasteiger partial charge on any atom is -0.298 e. The second kappa shape index (κ2) is 3.56. The first-order valence-corrected chi connectivity index (χ1v) is 5.31. The molecule has 1 nitrogen and oxygen atoms in total. The minimum absolute atomic E-state index is 0.203. The van der Waals surface area contributed by atoms with Crippen LogP contribution in [0.2, 0.25) is 0 Å². The van der Waals surface area contributed by atoms with Gasteiger partial charge in [0.15, 0.2) is 0 Å². The molecular weight excluding hydrogens is 165 g/mol. The van der Waals surface area contributed by atoms with Gasteiger partial charge in [-0.25, -0.2) is 4.39 Å². The van der Waals surface area contributed by atoms with E-state index in [1.54, 1.807) is 0 Å². The number of hydrogen-bond donors (Lipinski definition) is 0. The van der Waals surface area contributed by atoms with Gasteiger partial charge in [-0.3, -0.25) is 4.90 Å². The van der Waals surface area contributed by atoms with Crippen molar-refractivity contribution in [3.8, 4) is 0 Å². The molecule has 13 heavy (non-hydrogen) atoms. The Bertz CT molecular complexity index is 163. The monoisotopic (exact) mass is 187 g/mol. The van der Waals surface area contributed by atoms with E-state index in [0.717, 1.165) is 13.1 Å². The Balaban J connectivity index is 2.48. The van der Waals surface area contributed by atoms with E-state index in [1.807, 2.05) is 6.92 Å². The Kier molecular flexibility index (Phi) is 3.01. The predicted molar refractivity (Wildman–Crippen MR) is 54.7 cm³/mol. The number of nitrogens with zero attached hydrogens (tertiary/aromatic N) is 1. The summed E-state index contributed by atoms with van der Waals surface area (Å²) >= 11 is 0. The second-order valence-corrected chi connectivity index (χ2v) is 5.16. The van der Waals surface area contributed by atoms with Crippen molar-refractivity contribution in [2.75, 3.05) is 13.1 Å². The smallest absolute Gasteiger partial charge is 0.113 e. The zero-order valence-corrected chi connectivity index (χ0v) is 9.36. The van der Waals surface area contributed by atoms with Crippen LogP contribution in [0.25, 0.3) is 0 Å². The third kappa shape index (κ3) is 2.67. The highest BCUT2D eigenvalue weighted by atomic mass is 19.1. The lowest BCUT2D eigenvalue weighted by Crippen LogP contribution is -2.49. The Morgan fingerprint density at radius 3 is 2.00 bits per heavy atom. The standard InChI is InChI=1S/C11H22FN/c1-5-11(12)6-8-13(9-7-11)10(2,3)4/h5-9H2,1-4H3. The van der Waals surface area contributed by atoms with Gasteiger partial charge in [0.05, 0.1) is 0 Å². The van der Waals surface area contributed by atoms with Crippen LogP contribution in [0.4, 0.5) is 4.39 Å². The first kappa shape index (κ1) is 11.0. The zero-order chi connectivity index (χ0) is 10.1. The van der Waals surface area contributed by atoms with Gasteiger partial charge in [0.1, 0.15) is 5.67 Å². The van der Waals surface area contributed by atoms with E-state index in [9.17, 15) is 4.39 Å². The number of likely N-dealkylation sites (tertiary alicyclic amines) is 1. The molecule has 1 rings (SSSR count). The van der Waals surface area contributed by atoms with E-state index >= 15 is 0 Å². The molecule has 1 aliphatic rings. The third-order valence-corrected chi connectivity index (χ3v) is 3.24. The summed E-state index contributed by atoms with van der Waals surface area (Å²) in [5, 5.41) is 0. The van der Waals surface area contributed by atoms with Gasteiger partial charge in [-0.15, -0.1) is 0 Å². The lowest BCUT2D eigenvalue weighted by atomic mass is 9.88. The molecule has 1 heterocycles. The molecule has 0 N–H and O–H groups in total. The summed E-state index contributed by atoms with van der Waals surface area (Å²) in [5.74, 6) is 0. The van der Waals surface area contributed by atoms with Crippen LogP contribution in [0.1, 0.15) is 47.0 Å². The molecule has 0 amide bonds. The molecule has 1 saturated heterocycles. The van der Waals surface area contributed by atoms with Crippen molar-refractivity contribution in [3.63, 3.8) is 0 Å². The van der Waals surface area contributed by atoms with Crippen LogP contribution in [0, 0.1) is 0 Å². The van der Waals surface area contributed by atoms with Crippen molar-refractivity contribution in [2.24, 2.45) is 0 Å². The number of alkyl halides is 1. The highest BCUT2D eigenvalue weighted by Gasteiger charge is 2.35. The Labute approximate surface area is 81.3 Å². The predicted octanol–water partition coefficient (Wildman–Crippen LogP) is 3.00. The molecule has 1 fully saturated rings. The fourth-order valence-corrected chi connectivity index (χ4v) is 1.93. The second-order valence-electron chi connectivity index (χ2n) is 5.16. The molecule has 0 saturated carbocycles. The summed E-state index contributed by atoms with van der Waals surface area (Å²) < 4.78 is 13.8. The molecule has 78 valence electrons. The van der Waals surface area contributed by atoms with Gasteiger partial charge in [-0.05, 0) is 40.0 Å². The van der Waals surface area contributed by atoms with Crippen molar-refractivity contribution in [2.45, 2.75) is 58.2 Å². The normalized spacial score (nSPS) is 24.7. The van der Waals surface area contributed by atoms with Crippen molar-refractivity contribution in [1.29, 1.82) is 0 Å². The average Bonchev–Trinajstić information content (AvgIpc) is 2.04. The van der Waals surface area contributed by atoms with Crippen molar-refractivity contribution >= 4 is 0 Å². The van der Waals surface area contributed by atoms with Crippen LogP contribution >= 0.6 is 0 Å². The van der Waals surface area contributed by atoms with E-state index in [1.165, 1.54) is 0 Å². The van der Waals surface area contributed by atoms with E-state index < -0.39 is 5.67 Å². The van der Waals surface area contributed by atoms with Crippen LogP contribution in [-0.4, -0.2) is 29.2 Å². The topological polar surface area (TPSA) is 3.24 Å². The molecule has 1 aliphatic heterocycles. The van der Waals surface area contributed by atoms with Crippen LogP contribution in [0.5, 0.6) is 0 Å². The average molecular weight is 187 g/mol. The molecule has 0 atom stereocenters. The molecule has 0 spiro atoms. The fraction of sp³-hybridized carbons (Fsp3) is 1.00. The zero-order valence-electron chi connectivity index (χ0n) is 9.36.